The highest BCUT2D eigenvalue weighted by Gasteiger charge is 2.14. The topological polar surface area (TPSA) is 36.7 Å². The molecule has 114 valence electrons. The van der Waals surface area contributed by atoms with Crippen LogP contribution in [0, 0.1) is 24.1 Å². The highest BCUT2D eigenvalue weighted by molar-refractivity contribution is 7.98. The van der Waals surface area contributed by atoms with Crippen molar-refractivity contribution in [1.29, 1.82) is 5.26 Å². The van der Waals surface area contributed by atoms with Crippen molar-refractivity contribution in [2.75, 3.05) is 0 Å². The van der Waals surface area contributed by atoms with E-state index in [0.29, 0.717) is 26.9 Å². The molecule has 0 saturated carbocycles. The van der Waals surface area contributed by atoms with Crippen molar-refractivity contribution in [3.63, 3.8) is 0 Å². The van der Waals surface area contributed by atoms with E-state index in [1.165, 1.54) is 17.8 Å². The van der Waals surface area contributed by atoms with Gasteiger partial charge in [-0.3, -0.25) is 0 Å². The first-order valence-electron chi connectivity index (χ1n) is 6.97. The predicted molar refractivity (Wildman–Crippen MR) is 92.2 cm³/mol. The molecular weight excluding hydrogens is 331 g/mol. The molecule has 0 saturated heterocycles. The van der Waals surface area contributed by atoms with Crippen LogP contribution in [-0.4, -0.2) is 4.98 Å². The van der Waals surface area contributed by atoms with E-state index in [0.717, 1.165) is 16.5 Å². The number of aromatic nitrogens is 1. The number of para-hydroxylation sites is 1. The van der Waals surface area contributed by atoms with Gasteiger partial charge in [0.2, 0.25) is 0 Å². The summed E-state index contributed by atoms with van der Waals surface area (Å²) < 4.78 is 13.9. The zero-order valence-corrected chi connectivity index (χ0v) is 13.9. The van der Waals surface area contributed by atoms with Gasteiger partial charge in [0, 0.05) is 21.7 Å². The summed E-state index contributed by atoms with van der Waals surface area (Å²) in [7, 11) is 0. The zero-order chi connectivity index (χ0) is 16.4. The fraction of sp³-hybridized carbons (Fsp3) is 0.111. The number of hydrogen-bond acceptors (Lipinski definition) is 3. The number of nitrogens with zero attached hydrogens (tertiary/aromatic N) is 2. The Bertz CT molecular complexity index is 914. The molecule has 0 unspecified atom stereocenters. The van der Waals surface area contributed by atoms with Crippen LogP contribution in [0.5, 0.6) is 0 Å². The molecule has 0 aliphatic heterocycles. The van der Waals surface area contributed by atoms with Gasteiger partial charge in [0.05, 0.1) is 11.1 Å². The molecule has 0 aliphatic rings. The van der Waals surface area contributed by atoms with Crippen LogP contribution in [0.15, 0.2) is 47.5 Å². The van der Waals surface area contributed by atoms with E-state index in [1.807, 2.05) is 31.2 Å². The van der Waals surface area contributed by atoms with E-state index in [4.69, 9.17) is 11.6 Å². The summed E-state index contributed by atoms with van der Waals surface area (Å²) in [5.74, 6) is -0.0219. The molecule has 0 atom stereocenters. The van der Waals surface area contributed by atoms with Crippen molar-refractivity contribution >= 4 is 34.3 Å². The lowest BCUT2D eigenvalue weighted by atomic mass is 10.1. The van der Waals surface area contributed by atoms with Gasteiger partial charge in [-0.2, -0.15) is 5.26 Å². The van der Waals surface area contributed by atoms with Crippen molar-refractivity contribution < 1.29 is 4.39 Å². The number of benzene rings is 2. The highest BCUT2D eigenvalue weighted by atomic mass is 35.5. The SMILES string of the molecule is Cc1c(C#N)c(SCc2c(F)cccc2Cl)nc2ccccc12. The van der Waals surface area contributed by atoms with Crippen LogP contribution in [0.2, 0.25) is 5.02 Å². The van der Waals surface area contributed by atoms with E-state index in [9.17, 15) is 9.65 Å². The third kappa shape index (κ3) is 3.03. The Morgan fingerprint density at radius 2 is 2.00 bits per heavy atom. The van der Waals surface area contributed by atoms with Gasteiger partial charge in [-0.1, -0.05) is 35.9 Å². The number of hydrogen-bond donors (Lipinski definition) is 0. The Balaban J connectivity index is 2.02. The Hall–Kier alpha value is -2.09. The molecule has 0 radical (unpaired) electrons. The Morgan fingerprint density at radius 1 is 1.22 bits per heavy atom. The maximum Gasteiger partial charge on any atom is 0.128 e. The summed E-state index contributed by atoms with van der Waals surface area (Å²) in [6, 6.07) is 14.5. The molecule has 5 heteroatoms. The van der Waals surface area contributed by atoms with Crippen molar-refractivity contribution in [1.82, 2.24) is 4.98 Å². The van der Waals surface area contributed by atoms with Gasteiger partial charge in [-0.05, 0) is 30.7 Å². The quantitative estimate of drug-likeness (QED) is 0.590. The summed E-state index contributed by atoms with van der Waals surface area (Å²) in [5.41, 5.74) is 2.67. The second-order valence-corrected chi connectivity index (χ2v) is 6.41. The standard InChI is InChI=1S/C18H12ClFN2S/c1-11-12-5-2-3-8-17(12)22-18(13(11)9-21)23-10-14-15(19)6-4-7-16(14)20/h2-8H,10H2,1H3. The minimum Gasteiger partial charge on any atom is -0.240 e. The summed E-state index contributed by atoms with van der Waals surface area (Å²) >= 11 is 7.38. The van der Waals surface area contributed by atoms with E-state index in [-0.39, 0.29) is 5.82 Å². The molecule has 3 rings (SSSR count). The molecule has 0 N–H and O–H groups in total. The summed E-state index contributed by atoms with van der Waals surface area (Å²) in [6.45, 7) is 1.91. The first-order valence-corrected chi connectivity index (χ1v) is 8.33. The Kier molecular flexibility index (Phi) is 4.51. The third-order valence-electron chi connectivity index (χ3n) is 3.65. The predicted octanol–water partition coefficient (Wildman–Crippen LogP) is 5.50. The first kappa shape index (κ1) is 15.8. The summed E-state index contributed by atoms with van der Waals surface area (Å²) in [6.07, 6.45) is 0. The van der Waals surface area contributed by atoms with Crippen LogP contribution in [0.1, 0.15) is 16.7 Å². The van der Waals surface area contributed by atoms with Crippen molar-refractivity contribution in [2.45, 2.75) is 17.7 Å². The molecule has 1 heterocycles. The number of rotatable bonds is 3. The van der Waals surface area contributed by atoms with Crippen LogP contribution in [-0.2, 0) is 5.75 Å². The Morgan fingerprint density at radius 3 is 2.74 bits per heavy atom. The Labute approximate surface area is 142 Å². The lowest BCUT2D eigenvalue weighted by molar-refractivity contribution is 0.617. The fourth-order valence-corrected chi connectivity index (χ4v) is 3.78. The van der Waals surface area contributed by atoms with Crippen LogP contribution in [0.25, 0.3) is 10.9 Å². The van der Waals surface area contributed by atoms with E-state index in [1.54, 1.807) is 12.1 Å². The van der Waals surface area contributed by atoms with Crippen molar-refractivity contribution in [3.05, 3.63) is 70.0 Å². The van der Waals surface area contributed by atoms with Gasteiger partial charge in [-0.15, -0.1) is 11.8 Å². The number of pyridine rings is 1. The molecular formula is C18H12ClFN2S. The van der Waals surface area contributed by atoms with Crippen LogP contribution in [0.4, 0.5) is 4.39 Å². The molecule has 23 heavy (non-hydrogen) atoms. The molecule has 3 aromatic rings. The molecule has 0 spiro atoms. The number of aryl methyl sites for hydroxylation is 1. The van der Waals surface area contributed by atoms with Crippen LogP contribution >= 0.6 is 23.4 Å². The number of thioether (sulfide) groups is 1. The van der Waals surface area contributed by atoms with Crippen LogP contribution in [0.3, 0.4) is 0 Å². The fourth-order valence-electron chi connectivity index (χ4n) is 2.40. The monoisotopic (exact) mass is 342 g/mol. The maximum atomic E-state index is 13.9. The normalized spacial score (nSPS) is 10.7. The van der Waals surface area contributed by atoms with Gasteiger partial charge < -0.3 is 0 Å². The molecule has 0 fully saturated rings. The molecule has 2 aromatic carbocycles. The van der Waals surface area contributed by atoms with Gasteiger partial charge in [-0.25, -0.2) is 9.37 Å². The van der Waals surface area contributed by atoms with E-state index < -0.39 is 0 Å². The lowest BCUT2D eigenvalue weighted by Gasteiger charge is -2.10. The molecule has 0 amide bonds. The van der Waals surface area contributed by atoms with Crippen molar-refractivity contribution in [2.24, 2.45) is 0 Å². The van der Waals surface area contributed by atoms with Gasteiger partial charge in [0.1, 0.15) is 16.9 Å². The maximum absolute atomic E-state index is 13.9. The minimum absolute atomic E-state index is 0.324. The highest BCUT2D eigenvalue weighted by Crippen LogP contribution is 2.32. The lowest BCUT2D eigenvalue weighted by Crippen LogP contribution is -1.96. The third-order valence-corrected chi connectivity index (χ3v) is 5.00. The second kappa shape index (κ2) is 6.57. The molecule has 1 aromatic heterocycles. The zero-order valence-electron chi connectivity index (χ0n) is 12.3. The number of nitriles is 1. The van der Waals surface area contributed by atoms with E-state index in [2.05, 4.69) is 11.1 Å². The average Bonchev–Trinajstić information content (AvgIpc) is 2.55. The summed E-state index contributed by atoms with van der Waals surface area (Å²) in [4.78, 5) is 4.56. The van der Waals surface area contributed by atoms with E-state index >= 15 is 0 Å². The number of fused-ring (bicyclic) bond motifs is 1. The molecule has 2 nitrogen and oxygen atoms in total. The second-order valence-electron chi connectivity index (χ2n) is 5.03. The minimum atomic E-state index is -0.346. The largest absolute Gasteiger partial charge is 0.240 e. The van der Waals surface area contributed by atoms with Gasteiger partial charge in [0.25, 0.3) is 0 Å². The molecule has 0 aliphatic carbocycles. The first-order chi connectivity index (χ1) is 11.1. The van der Waals surface area contributed by atoms with Crippen LogP contribution < -0.4 is 0 Å². The van der Waals surface area contributed by atoms with Gasteiger partial charge >= 0.3 is 0 Å². The summed E-state index contributed by atoms with van der Waals surface area (Å²) in [5, 5.41) is 11.4. The molecule has 0 bridgehead atoms. The van der Waals surface area contributed by atoms with Gasteiger partial charge in [0.15, 0.2) is 0 Å². The smallest absolute Gasteiger partial charge is 0.128 e. The number of halogens is 2. The average molecular weight is 343 g/mol. The van der Waals surface area contributed by atoms with Crippen molar-refractivity contribution in [3.8, 4) is 6.07 Å².